The van der Waals surface area contributed by atoms with Crippen molar-refractivity contribution in [3.05, 3.63) is 22.4 Å². The van der Waals surface area contributed by atoms with Crippen LogP contribution in [0.15, 0.2) is 16.8 Å². The van der Waals surface area contributed by atoms with Crippen molar-refractivity contribution in [2.24, 2.45) is 0 Å². The molecule has 0 N–H and O–H groups in total. The van der Waals surface area contributed by atoms with Gasteiger partial charge in [0.1, 0.15) is 6.10 Å². The van der Waals surface area contributed by atoms with Crippen molar-refractivity contribution in [3.63, 3.8) is 0 Å². The number of nitrogens with zero attached hydrogens (tertiary/aromatic N) is 1. The summed E-state index contributed by atoms with van der Waals surface area (Å²) in [4.78, 5) is 14.4. The van der Waals surface area contributed by atoms with Crippen LogP contribution in [-0.4, -0.2) is 42.5 Å². The average Bonchev–Trinajstić information content (AvgIpc) is 2.82. The van der Waals surface area contributed by atoms with Crippen LogP contribution in [0.1, 0.15) is 19.4 Å². The fourth-order valence-electron chi connectivity index (χ4n) is 2.04. The average molecular weight is 253 g/mol. The van der Waals surface area contributed by atoms with E-state index in [9.17, 15) is 4.79 Å². The monoisotopic (exact) mass is 253 g/mol. The van der Waals surface area contributed by atoms with E-state index in [0.29, 0.717) is 19.1 Å². The van der Waals surface area contributed by atoms with Gasteiger partial charge in [-0.15, -0.1) is 0 Å². The highest BCUT2D eigenvalue weighted by molar-refractivity contribution is 7.07. The normalized spacial score (nSPS) is 21.9. The van der Waals surface area contributed by atoms with Crippen LogP contribution in [0.3, 0.4) is 0 Å². The molecule has 0 amide bonds. The van der Waals surface area contributed by atoms with E-state index < -0.39 is 0 Å². The van der Waals surface area contributed by atoms with Crippen LogP contribution in [0.5, 0.6) is 0 Å². The second kappa shape index (κ2) is 5.76. The number of morpholine rings is 1. The van der Waals surface area contributed by atoms with E-state index in [1.807, 2.05) is 16.8 Å². The minimum atomic E-state index is -0.244. The van der Waals surface area contributed by atoms with E-state index >= 15 is 0 Å². The minimum Gasteiger partial charge on any atom is -0.368 e. The van der Waals surface area contributed by atoms with Crippen LogP contribution < -0.4 is 0 Å². The molecule has 1 fully saturated rings. The number of thiophene rings is 1. The lowest BCUT2D eigenvalue weighted by Gasteiger charge is -2.34. The van der Waals surface area contributed by atoms with E-state index in [4.69, 9.17) is 4.74 Å². The molecule has 1 unspecified atom stereocenters. The lowest BCUT2D eigenvalue weighted by Crippen LogP contribution is -2.49. The summed E-state index contributed by atoms with van der Waals surface area (Å²) in [6.45, 7) is 6.65. The third-order valence-corrected chi connectivity index (χ3v) is 3.88. The summed E-state index contributed by atoms with van der Waals surface area (Å²) >= 11 is 1.63. The van der Waals surface area contributed by atoms with Gasteiger partial charge in [0.25, 0.3) is 0 Å². The summed E-state index contributed by atoms with van der Waals surface area (Å²) in [6, 6.07) is 2.49. The van der Waals surface area contributed by atoms with Gasteiger partial charge < -0.3 is 4.74 Å². The Morgan fingerprint density at radius 3 is 3.12 bits per heavy atom. The molecule has 0 spiro atoms. The molecule has 2 rings (SSSR count). The van der Waals surface area contributed by atoms with Crippen molar-refractivity contribution in [1.29, 1.82) is 0 Å². The van der Waals surface area contributed by atoms with Crippen LogP contribution in [0.4, 0.5) is 0 Å². The largest absolute Gasteiger partial charge is 0.368 e. The summed E-state index contributed by atoms with van der Waals surface area (Å²) in [7, 11) is 0. The Labute approximate surface area is 106 Å². The number of carbonyl (C=O) groups excluding carboxylic acids is 1. The van der Waals surface area contributed by atoms with Crippen LogP contribution in [0.2, 0.25) is 0 Å². The molecule has 0 saturated carbocycles. The topological polar surface area (TPSA) is 29.5 Å². The summed E-state index contributed by atoms with van der Waals surface area (Å²) in [5.41, 5.74) is 1.10. The third kappa shape index (κ3) is 3.37. The SMILES string of the molecule is CC(C)N1CCOC(C(=O)Cc2ccsc2)C1. The predicted molar refractivity (Wildman–Crippen MR) is 69.5 cm³/mol. The van der Waals surface area contributed by atoms with Crippen LogP contribution >= 0.6 is 11.3 Å². The van der Waals surface area contributed by atoms with E-state index in [0.717, 1.165) is 18.7 Å². The van der Waals surface area contributed by atoms with Crippen molar-refractivity contribution in [3.8, 4) is 0 Å². The molecule has 0 aromatic carbocycles. The van der Waals surface area contributed by atoms with Gasteiger partial charge in [0.15, 0.2) is 5.78 Å². The first kappa shape index (κ1) is 12.7. The van der Waals surface area contributed by atoms with E-state index in [2.05, 4.69) is 18.7 Å². The highest BCUT2D eigenvalue weighted by atomic mass is 32.1. The van der Waals surface area contributed by atoms with Crippen LogP contribution in [0, 0.1) is 0 Å². The molecule has 0 radical (unpaired) electrons. The molecule has 17 heavy (non-hydrogen) atoms. The molecule has 1 saturated heterocycles. The number of hydrogen-bond acceptors (Lipinski definition) is 4. The maximum atomic E-state index is 12.1. The molecule has 4 heteroatoms. The van der Waals surface area contributed by atoms with Gasteiger partial charge in [0.2, 0.25) is 0 Å². The number of ether oxygens (including phenoxy) is 1. The van der Waals surface area contributed by atoms with Crippen molar-refractivity contribution >= 4 is 17.1 Å². The number of carbonyl (C=O) groups is 1. The molecule has 1 aliphatic rings. The first-order chi connectivity index (χ1) is 8.16. The first-order valence-corrected chi connectivity index (χ1v) is 7.00. The van der Waals surface area contributed by atoms with Crippen LogP contribution in [0.25, 0.3) is 0 Å². The first-order valence-electron chi connectivity index (χ1n) is 6.06. The van der Waals surface area contributed by atoms with Gasteiger partial charge in [-0.2, -0.15) is 11.3 Å². The number of ketones is 1. The highest BCUT2D eigenvalue weighted by Gasteiger charge is 2.27. The fraction of sp³-hybridized carbons (Fsp3) is 0.615. The van der Waals surface area contributed by atoms with Gasteiger partial charge >= 0.3 is 0 Å². The summed E-state index contributed by atoms with van der Waals surface area (Å²) in [5, 5.41) is 4.03. The zero-order valence-electron chi connectivity index (χ0n) is 10.4. The molecule has 3 nitrogen and oxygen atoms in total. The summed E-state index contributed by atoms with van der Waals surface area (Å²) in [6.07, 6.45) is 0.256. The molecule has 0 aliphatic carbocycles. The number of Topliss-reactive ketones (excluding diaryl/α,β-unsaturated/α-hetero) is 1. The van der Waals surface area contributed by atoms with Gasteiger partial charge in [-0.25, -0.2) is 0 Å². The molecule has 0 bridgehead atoms. The highest BCUT2D eigenvalue weighted by Crippen LogP contribution is 2.13. The molecule has 1 aromatic heterocycles. The molecular formula is C13H19NO2S. The standard InChI is InChI=1S/C13H19NO2S/c1-10(2)14-4-5-16-13(8-14)12(15)7-11-3-6-17-9-11/h3,6,9-10,13H,4-5,7-8H2,1-2H3. The summed E-state index contributed by atoms with van der Waals surface area (Å²) in [5.74, 6) is 0.203. The van der Waals surface area contributed by atoms with Crippen molar-refractivity contribution in [2.45, 2.75) is 32.4 Å². The molecule has 1 aliphatic heterocycles. The van der Waals surface area contributed by atoms with Crippen molar-refractivity contribution in [1.82, 2.24) is 4.90 Å². The lowest BCUT2D eigenvalue weighted by molar-refractivity contribution is -0.136. The Kier molecular flexibility index (Phi) is 4.31. The zero-order chi connectivity index (χ0) is 12.3. The van der Waals surface area contributed by atoms with Crippen molar-refractivity contribution < 1.29 is 9.53 Å². The Morgan fingerprint density at radius 1 is 1.65 bits per heavy atom. The van der Waals surface area contributed by atoms with Gasteiger partial charge in [-0.1, -0.05) is 0 Å². The zero-order valence-corrected chi connectivity index (χ0v) is 11.2. The quantitative estimate of drug-likeness (QED) is 0.821. The maximum absolute atomic E-state index is 12.1. The molecule has 94 valence electrons. The van der Waals surface area contributed by atoms with E-state index in [-0.39, 0.29) is 11.9 Å². The number of hydrogen-bond donors (Lipinski definition) is 0. The molecule has 1 aromatic rings. The van der Waals surface area contributed by atoms with Gasteiger partial charge in [0.05, 0.1) is 6.61 Å². The third-order valence-electron chi connectivity index (χ3n) is 3.15. The Morgan fingerprint density at radius 2 is 2.47 bits per heavy atom. The molecule has 1 atom stereocenters. The van der Waals surface area contributed by atoms with Gasteiger partial charge in [0, 0.05) is 25.6 Å². The minimum absolute atomic E-state index is 0.203. The van der Waals surface area contributed by atoms with Gasteiger partial charge in [-0.05, 0) is 36.2 Å². The second-order valence-electron chi connectivity index (χ2n) is 4.72. The maximum Gasteiger partial charge on any atom is 0.167 e. The van der Waals surface area contributed by atoms with Crippen molar-refractivity contribution in [2.75, 3.05) is 19.7 Å². The Hall–Kier alpha value is -0.710. The Bertz CT molecular complexity index is 362. The second-order valence-corrected chi connectivity index (χ2v) is 5.50. The Balaban J connectivity index is 1.91. The van der Waals surface area contributed by atoms with Crippen LogP contribution in [-0.2, 0) is 16.0 Å². The van der Waals surface area contributed by atoms with Gasteiger partial charge in [-0.3, -0.25) is 9.69 Å². The lowest BCUT2D eigenvalue weighted by atomic mass is 10.1. The van der Waals surface area contributed by atoms with E-state index in [1.165, 1.54) is 0 Å². The predicted octanol–water partition coefficient (Wildman–Crippen LogP) is 1.97. The fourth-order valence-corrected chi connectivity index (χ4v) is 2.71. The smallest absolute Gasteiger partial charge is 0.167 e. The number of rotatable bonds is 4. The molecule has 2 heterocycles. The summed E-state index contributed by atoms with van der Waals surface area (Å²) < 4.78 is 5.58. The molecular weight excluding hydrogens is 234 g/mol. The van der Waals surface area contributed by atoms with E-state index in [1.54, 1.807) is 11.3 Å².